The molecule has 1 amide bonds. The number of nitrogens with zero attached hydrogens (tertiary/aromatic N) is 2. The van der Waals surface area contributed by atoms with Crippen molar-refractivity contribution in [1.29, 1.82) is 0 Å². The van der Waals surface area contributed by atoms with Crippen LogP contribution in [0.1, 0.15) is 18.4 Å². The van der Waals surface area contributed by atoms with Gasteiger partial charge in [-0.1, -0.05) is 12.1 Å². The maximum absolute atomic E-state index is 13.1. The molecule has 0 bridgehead atoms. The zero-order valence-corrected chi connectivity index (χ0v) is 18.1. The van der Waals surface area contributed by atoms with Gasteiger partial charge in [0.1, 0.15) is 18.2 Å². The minimum absolute atomic E-state index is 0.0388. The Bertz CT molecular complexity index is 979. The molecule has 1 aliphatic rings. The number of sulfonamides is 1. The van der Waals surface area contributed by atoms with E-state index in [1.54, 1.807) is 11.9 Å². The van der Waals surface area contributed by atoms with Gasteiger partial charge in [-0.2, -0.15) is 4.31 Å². The van der Waals surface area contributed by atoms with E-state index in [-0.39, 0.29) is 17.3 Å². The van der Waals surface area contributed by atoms with Gasteiger partial charge in [0.15, 0.2) is 0 Å². The van der Waals surface area contributed by atoms with Gasteiger partial charge >= 0.3 is 0 Å². The summed E-state index contributed by atoms with van der Waals surface area (Å²) in [5.74, 6) is -0.236. The molecule has 1 saturated heterocycles. The fourth-order valence-corrected chi connectivity index (χ4v) is 5.07. The third-order valence-electron chi connectivity index (χ3n) is 5.25. The number of halogens is 1. The number of likely N-dealkylation sites (N-methyl/N-ethyl adjacent to an activating group) is 1. The summed E-state index contributed by atoms with van der Waals surface area (Å²) in [6.07, 6.45) is 1.24. The molecule has 1 heterocycles. The summed E-state index contributed by atoms with van der Waals surface area (Å²) in [6, 6.07) is 12.5. The normalized spacial score (nSPS) is 17.5. The predicted octanol–water partition coefficient (Wildman–Crippen LogP) is 3.07. The Morgan fingerprint density at radius 2 is 1.97 bits per heavy atom. The summed E-state index contributed by atoms with van der Waals surface area (Å²) in [7, 11) is -2.05. The van der Waals surface area contributed by atoms with Crippen LogP contribution in [0.2, 0.25) is 0 Å². The molecule has 1 atom stereocenters. The fourth-order valence-electron chi connectivity index (χ4n) is 3.55. The van der Waals surface area contributed by atoms with Crippen molar-refractivity contribution in [2.45, 2.75) is 24.7 Å². The van der Waals surface area contributed by atoms with Crippen LogP contribution in [-0.2, 0) is 14.8 Å². The van der Waals surface area contributed by atoms with Crippen LogP contribution >= 0.6 is 0 Å². The maximum atomic E-state index is 13.1. The molecular weight excluding hydrogens is 407 g/mol. The van der Waals surface area contributed by atoms with E-state index in [0.29, 0.717) is 32.5 Å². The second-order valence-electron chi connectivity index (χ2n) is 7.58. The molecule has 0 aromatic heterocycles. The summed E-state index contributed by atoms with van der Waals surface area (Å²) in [5.41, 5.74) is 1.10. The SMILES string of the molecule is Cc1cccc(OCCN(C)C(=O)C2CCCN(S(=O)(=O)c3ccc(F)cc3)C2)c1. The minimum Gasteiger partial charge on any atom is -0.492 e. The quantitative estimate of drug-likeness (QED) is 0.672. The predicted molar refractivity (Wildman–Crippen MR) is 112 cm³/mol. The molecule has 1 aliphatic heterocycles. The van der Waals surface area contributed by atoms with Crippen LogP contribution in [0.3, 0.4) is 0 Å². The lowest BCUT2D eigenvalue weighted by Crippen LogP contribution is -2.46. The van der Waals surface area contributed by atoms with Gasteiger partial charge in [-0.15, -0.1) is 0 Å². The number of amides is 1. The van der Waals surface area contributed by atoms with E-state index < -0.39 is 21.8 Å². The molecule has 2 aromatic rings. The van der Waals surface area contributed by atoms with E-state index in [1.807, 2.05) is 31.2 Å². The number of piperidine rings is 1. The van der Waals surface area contributed by atoms with E-state index in [2.05, 4.69) is 0 Å². The number of rotatable bonds is 7. The van der Waals surface area contributed by atoms with Crippen LogP contribution in [0.25, 0.3) is 0 Å². The molecular formula is C22H27FN2O4S. The average molecular weight is 435 g/mol. The maximum Gasteiger partial charge on any atom is 0.243 e. The van der Waals surface area contributed by atoms with Crippen molar-refractivity contribution in [3.05, 3.63) is 59.9 Å². The molecule has 2 aromatic carbocycles. The van der Waals surface area contributed by atoms with E-state index >= 15 is 0 Å². The standard InChI is InChI=1S/C22H27FN2O4S/c1-17-5-3-7-20(15-17)29-14-13-24(2)22(26)18-6-4-12-25(16-18)30(27,28)21-10-8-19(23)9-11-21/h3,5,7-11,15,18H,4,6,12-14,16H2,1-2H3. The first-order valence-electron chi connectivity index (χ1n) is 9.97. The third-order valence-corrected chi connectivity index (χ3v) is 7.13. The number of hydrogen-bond donors (Lipinski definition) is 0. The van der Waals surface area contributed by atoms with E-state index in [0.717, 1.165) is 23.4 Å². The summed E-state index contributed by atoms with van der Waals surface area (Å²) >= 11 is 0. The second kappa shape index (κ2) is 9.57. The molecule has 0 saturated carbocycles. The van der Waals surface area contributed by atoms with E-state index in [9.17, 15) is 17.6 Å². The molecule has 6 nitrogen and oxygen atoms in total. The minimum atomic E-state index is -3.76. The van der Waals surface area contributed by atoms with Gasteiger partial charge in [0.25, 0.3) is 0 Å². The Hall–Kier alpha value is -2.45. The smallest absolute Gasteiger partial charge is 0.243 e. The first-order valence-corrected chi connectivity index (χ1v) is 11.4. The molecule has 30 heavy (non-hydrogen) atoms. The molecule has 1 fully saturated rings. The Morgan fingerprint density at radius 1 is 1.23 bits per heavy atom. The second-order valence-corrected chi connectivity index (χ2v) is 9.52. The fraction of sp³-hybridized carbons (Fsp3) is 0.409. The highest BCUT2D eigenvalue weighted by atomic mass is 32.2. The largest absolute Gasteiger partial charge is 0.492 e. The number of carbonyl (C=O) groups is 1. The first kappa shape index (κ1) is 22.2. The molecule has 0 aliphatic carbocycles. The Morgan fingerprint density at radius 3 is 2.67 bits per heavy atom. The lowest BCUT2D eigenvalue weighted by atomic mass is 9.98. The summed E-state index contributed by atoms with van der Waals surface area (Å²) in [6.45, 7) is 3.23. The zero-order valence-electron chi connectivity index (χ0n) is 17.3. The molecule has 0 N–H and O–H groups in total. The molecule has 3 rings (SSSR count). The van der Waals surface area contributed by atoms with Crippen LogP contribution in [0.5, 0.6) is 5.75 Å². The van der Waals surface area contributed by atoms with Gasteiger partial charge in [-0.3, -0.25) is 4.79 Å². The lowest BCUT2D eigenvalue weighted by molar-refractivity contribution is -0.135. The van der Waals surface area contributed by atoms with Crippen molar-refractivity contribution in [1.82, 2.24) is 9.21 Å². The first-order chi connectivity index (χ1) is 14.3. The summed E-state index contributed by atoms with van der Waals surface area (Å²) in [5, 5.41) is 0. The van der Waals surface area contributed by atoms with Crippen molar-refractivity contribution >= 4 is 15.9 Å². The summed E-state index contributed by atoms with van der Waals surface area (Å²) in [4.78, 5) is 14.5. The molecule has 1 unspecified atom stereocenters. The summed E-state index contributed by atoms with van der Waals surface area (Å²) < 4.78 is 45.9. The number of aryl methyl sites for hydroxylation is 1. The highest BCUT2D eigenvalue weighted by Gasteiger charge is 2.34. The molecule has 162 valence electrons. The van der Waals surface area contributed by atoms with Crippen molar-refractivity contribution in [2.24, 2.45) is 5.92 Å². The molecule has 8 heteroatoms. The van der Waals surface area contributed by atoms with Crippen molar-refractivity contribution in [3.63, 3.8) is 0 Å². The van der Waals surface area contributed by atoms with Gasteiger partial charge in [0.05, 0.1) is 17.4 Å². The Balaban J connectivity index is 1.57. The molecule has 0 spiro atoms. The average Bonchev–Trinajstić information content (AvgIpc) is 2.73. The van der Waals surface area contributed by atoms with Crippen LogP contribution < -0.4 is 4.74 Å². The number of benzene rings is 2. The number of ether oxygens (including phenoxy) is 1. The van der Waals surface area contributed by atoms with Crippen molar-refractivity contribution < 1.29 is 22.3 Å². The van der Waals surface area contributed by atoms with Crippen LogP contribution in [0.4, 0.5) is 4.39 Å². The van der Waals surface area contributed by atoms with Crippen molar-refractivity contribution in [3.8, 4) is 5.75 Å². The van der Waals surface area contributed by atoms with Crippen LogP contribution in [-0.4, -0.2) is 56.8 Å². The number of hydrogen-bond acceptors (Lipinski definition) is 4. The Labute approximate surface area is 177 Å². The van der Waals surface area contributed by atoms with Gasteiger partial charge in [0, 0.05) is 20.1 Å². The topological polar surface area (TPSA) is 66.9 Å². The highest BCUT2D eigenvalue weighted by molar-refractivity contribution is 7.89. The van der Waals surface area contributed by atoms with E-state index in [1.165, 1.54) is 16.4 Å². The number of carbonyl (C=O) groups excluding carboxylic acids is 1. The van der Waals surface area contributed by atoms with Gasteiger partial charge in [-0.05, 0) is 61.7 Å². The third kappa shape index (κ3) is 5.37. The lowest BCUT2D eigenvalue weighted by Gasteiger charge is -2.33. The highest BCUT2D eigenvalue weighted by Crippen LogP contribution is 2.25. The van der Waals surface area contributed by atoms with Crippen LogP contribution in [0.15, 0.2) is 53.4 Å². The van der Waals surface area contributed by atoms with Crippen LogP contribution in [0, 0.1) is 18.7 Å². The molecule has 0 radical (unpaired) electrons. The Kier molecular flexibility index (Phi) is 7.10. The van der Waals surface area contributed by atoms with Gasteiger partial charge < -0.3 is 9.64 Å². The zero-order chi connectivity index (χ0) is 21.7. The van der Waals surface area contributed by atoms with Crippen molar-refractivity contribution in [2.75, 3.05) is 33.3 Å². The van der Waals surface area contributed by atoms with E-state index in [4.69, 9.17) is 4.74 Å². The van der Waals surface area contributed by atoms with Gasteiger partial charge in [-0.25, -0.2) is 12.8 Å². The van der Waals surface area contributed by atoms with Gasteiger partial charge in [0.2, 0.25) is 15.9 Å². The monoisotopic (exact) mass is 434 g/mol.